The first-order chi connectivity index (χ1) is 9.36. The van der Waals surface area contributed by atoms with Crippen molar-refractivity contribution in [3.63, 3.8) is 0 Å². The molecule has 1 aromatic carbocycles. The number of nitrogens with zero attached hydrogens (tertiary/aromatic N) is 2. The molecule has 96 valence electrons. The summed E-state index contributed by atoms with van der Waals surface area (Å²) in [5.74, 6) is 1.57. The molecule has 2 heterocycles. The van der Waals surface area contributed by atoms with E-state index in [0.29, 0.717) is 6.61 Å². The molecule has 19 heavy (non-hydrogen) atoms. The number of rotatable bonds is 4. The third kappa shape index (κ3) is 2.38. The molecule has 0 unspecified atom stereocenters. The highest BCUT2D eigenvalue weighted by Crippen LogP contribution is 2.20. The van der Waals surface area contributed by atoms with Crippen molar-refractivity contribution in [3.05, 3.63) is 60.6 Å². The number of hydrogen-bond donors (Lipinski definition) is 0. The number of imidazole rings is 1. The van der Waals surface area contributed by atoms with Crippen molar-refractivity contribution < 1.29 is 9.47 Å². The first-order valence-electron chi connectivity index (χ1n) is 6.04. The normalized spacial score (nSPS) is 10.6. The average Bonchev–Trinajstić information content (AvgIpc) is 2.89. The van der Waals surface area contributed by atoms with Crippen LogP contribution in [0.5, 0.6) is 11.5 Å². The number of ether oxygens (including phenoxy) is 2. The lowest BCUT2D eigenvalue weighted by Gasteiger charge is -2.07. The zero-order valence-electron chi connectivity index (χ0n) is 10.6. The summed E-state index contributed by atoms with van der Waals surface area (Å²) in [5.41, 5.74) is 1.94. The minimum Gasteiger partial charge on any atom is -0.497 e. The minimum absolute atomic E-state index is 0.471. The minimum atomic E-state index is 0.471. The van der Waals surface area contributed by atoms with E-state index in [2.05, 4.69) is 4.98 Å². The molecule has 0 bridgehead atoms. The average molecular weight is 254 g/mol. The van der Waals surface area contributed by atoms with Gasteiger partial charge in [0.05, 0.1) is 19.0 Å². The summed E-state index contributed by atoms with van der Waals surface area (Å²) in [7, 11) is 1.64. The number of methoxy groups -OCH3 is 1. The van der Waals surface area contributed by atoms with Gasteiger partial charge in [-0.05, 0) is 24.3 Å². The lowest BCUT2D eigenvalue weighted by atomic mass is 10.3. The molecule has 0 amide bonds. The summed E-state index contributed by atoms with van der Waals surface area (Å²) in [4.78, 5) is 4.32. The van der Waals surface area contributed by atoms with Gasteiger partial charge in [-0.1, -0.05) is 12.1 Å². The van der Waals surface area contributed by atoms with Gasteiger partial charge in [-0.3, -0.25) is 0 Å². The summed E-state index contributed by atoms with van der Waals surface area (Å²) >= 11 is 0. The Kier molecular flexibility index (Phi) is 3.06. The second kappa shape index (κ2) is 5.02. The monoisotopic (exact) mass is 254 g/mol. The van der Waals surface area contributed by atoms with Crippen molar-refractivity contribution >= 4 is 5.65 Å². The van der Waals surface area contributed by atoms with Crippen LogP contribution in [0.15, 0.2) is 54.9 Å². The topological polar surface area (TPSA) is 35.8 Å². The Morgan fingerprint density at radius 2 is 2.00 bits per heavy atom. The van der Waals surface area contributed by atoms with Crippen molar-refractivity contribution in [2.24, 2.45) is 0 Å². The Labute approximate surface area is 111 Å². The maximum absolute atomic E-state index is 5.76. The van der Waals surface area contributed by atoms with Gasteiger partial charge >= 0.3 is 0 Å². The predicted molar refractivity (Wildman–Crippen MR) is 72.5 cm³/mol. The summed E-state index contributed by atoms with van der Waals surface area (Å²) in [6.07, 6.45) is 3.81. The molecule has 0 fully saturated rings. The molecule has 0 aliphatic rings. The van der Waals surface area contributed by atoms with Crippen LogP contribution >= 0.6 is 0 Å². The molecular weight excluding hydrogens is 240 g/mol. The van der Waals surface area contributed by atoms with E-state index in [-0.39, 0.29) is 0 Å². The SMILES string of the molecule is COc1cccc(OCc2cnc3ccccn23)c1. The van der Waals surface area contributed by atoms with Gasteiger partial charge < -0.3 is 13.9 Å². The third-order valence-electron chi connectivity index (χ3n) is 2.92. The number of hydrogen-bond acceptors (Lipinski definition) is 3. The molecule has 2 aromatic heterocycles. The molecule has 0 N–H and O–H groups in total. The molecule has 4 nitrogen and oxygen atoms in total. The lowest BCUT2D eigenvalue weighted by Crippen LogP contribution is -1.99. The first kappa shape index (κ1) is 11.6. The van der Waals surface area contributed by atoms with Crippen LogP contribution in [0.1, 0.15) is 5.69 Å². The highest BCUT2D eigenvalue weighted by molar-refractivity contribution is 5.40. The van der Waals surface area contributed by atoms with Gasteiger partial charge in [0.1, 0.15) is 23.8 Å². The lowest BCUT2D eigenvalue weighted by molar-refractivity contribution is 0.298. The maximum Gasteiger partial charge on any atom is 0.136 e. The number of pyridine rings is 1. The molecule has 4 heteroatoms. The predicted octanol–water partition coefficient (Wildman–Crippen LogP) is 2.92. The van der Waals surface area contributed by atoms with E-state index < -0.39 is 0 Å². The number of aromatic nitrogens is 2. The van der Waals surface area contributed by atoms with Gasteiger partial charge in [0.2, 0.25) is 0 Å². The van der Waals surface area contributed by atoms with Crippen LogP contribution in [0, 0.1) is 0 Å². The fraction of sp³-hybridized carbons (Fsp3) is 0.133. The van der Waals surface area contributed by atoms with Gasteiger partial charge in [-0.2, -0.15) is 0 Å². The Bertz CT molecular complexity index is 691. The van der Waals surface area contributed by atoms with Crippen LogP contribution in [-0.2, 0) is 6.61 Å². The Morgan fingerprint density at radius 1 is 1.11 bits per heavy atom. The van der Waals surface area contributed by atoms with Crippen LogP contribution in [0.3, 0.4) is 0 Å². The summed E-state index contributed by atoms with van der Waals surface area (Å²) in [6, 6.07) is 13.5. The van der Waals surface area contributed by atoms with Crippen LogP contribution < -0.4 is 9.47 Å². The smallest absolute Gasteiger partial charge is 0.136 e. The van der Waals surface area contributed by atoms with Crippen LogP contribution in [0.25, 0.3) is 5.65 Å². The zero-order chi connectivity index (χ0) is 13.1. The molecule has 3 rings (SSSR count). The molecule has 0 aliphatic carbocycles. The third-order valence-corrected chi connectivity index (χ3v) is 2.92. The van der Waals surface area contributed by atoms with Crippen molar-refractivity contribution in [1.29, 1.82) is 0 Å². The van der Waals surface area contributed by atoms with E-state index >= 15 is 0 Å². The van der Waals surface area contributed by atoms with Crippen LogP contribution in [-0.4, -0.2) is 16.5 Å². The number of benzene rings is 1. The molecule has 0 saturated heterocycles. The van der Waals surface area contributed by atoms with Gasteiger partial charge in [0, 0.05) is 12.3 Å². The van der Waals surface area contributed by atoms with Crippen molar-refractivity contribution in [3.8, 4) is 11.5 Å². The van der Waals surface area contributed by atoms with Gasteiger partial charge in [0.25, 0.3) is 0 Å². The molecule has 0 radical (unpaired) electrons. The van der Waals surface area contributed by atoms with Gasteiger partial charge in [0.15, 0.2) is 0 Å². The van der Waals surface area contributed by atoms with E-state index in [0.717, 1.165) is 22.8 Å². The molecule has 0 aliphatic heterocycles. The fourth-order valence-electron chi connectivity index (χ4n) is 1.94. The second-order valence-corrected chi connectivity index (χ2v) is 4.15. The van der Waals surface area contributed by atoms with E-state index in [4.69, 9.17) is 9.47 Å². The molecule has 3 aromatic rings. The maximum atomic E-state index is 5.76. The Balaban J connectivity index is 1.78. The molecule has 0 saturated carbocycles. The zero-order valence-corrected chi connectivity index (χ0v) is 10.6. The molecular formula is C15H14N2O2. The number of fused-ring (bicyclic) bond motifs is 1. The Morgan fingerprint density at radius 3 is 2.89 bits per heavy atom. The van der Waals surface area contributed by atoms with Crippen molar-refractivity contribution in [2.45, 2.75) is 6.61 Å². The van der Waals surface area contributed by atoms with Gasteiger partial charge in [-0.15, -0.1) is 0 Å². The van der Waals surface area contributed by atoms with E-state index in [1.165, 1.54) is 0 Å². The summed E-state index contributed by atoms with van der Waals surface area (Å²) in [6.45, 7) is 0.471. The summed E-state index contributed by atoms with van der Waals surface area (Å²) < 4.78 is 12.9. The second-order valence-electron chi connectivity index (χ2n) is 4.15. The quantitative estimate of drug-likeness (QED) is 0.718. The van der Waals surface area contributed by atoms with Crippen molar-refractivity contribution in [2.75, 3.05) is 7.11 Å². The van der Waals surface area contributed by atoms with Crippen molar-refractivity contribution in [1.82, 2.24) is 9.38 Å². The van der Waals surface area contributed by atoms with E-state index in [1.54, 1.807) is 7.11 Å². The highest BCUT2D eigenvalue weighted by atomic mass is 16.5. The van der Waals surface area contributed by atoms with Crippen LogP contribution in [0.4, 0.5) is 0 Å². The summed E-state index contributed by atoms with van der Waals surface area (Å²) in [5, 5.41) is 0. The molecule has 0 spiro atoms. The standard InChI is InChI=1S/C15H14N2O2/c1-18-13-5-4-6-14(9-13)19-11-12-10-16-15-7-2-3-8-17(12)15/h2-10H,11H2,1H3. The first-order valence-corrected chi connectivity index (χ1v) is 6.04. The van der Waals surface area contributed by atoms with E-state index in [9.17, 15) is 0 Å². The Hall–Kier alpha value is -2.49. The largest absolute Gasteiger partial charge is 0.497 e. The highest BCUT2D eigenvalue weighted by Gasteiger charge is 2.03. The van der Waals surface area contributed by atoms with Gasteiger partial charge in [-0.25, -0.2) is 4.98 Å². The van der Waals surface area contributed by atoms with E-state index in [1.807, 2.05) is 59.3 Å². The fourth-order valence-corrected chi connectivity index (χ4v) is 1.94. The van der Waals surface area contributed by atoms with Crippen LogP contribution in [0.2, 0.25) is 0 Å². The molecule has 0 atom stereocenters.